The molecule has 0 N–H and O–H groups in total. The molecular weight excluding hydrogens is 184 g/mol. The molecule has 0 bridgehead atoms. The van der Waals surface area contributed by atoms with Gasteiger partial charge in [-0.25, -0.2) is 0 Å². The van der Waals surface area contributed by atoms with Gasteiger partial charge in [0.2, 0.25) is 0 Å². The van der Waals surface area contributed by atoms with Crippen LogP contribution in [0.3, 0.4) is 0 Å². The maximum atomic E-state index is 3.77. The third kappa shape index (κ3) is 1.01. The SMILES string of the molecule is C=c1cc(Br)sc1=C. The summed E-state index contributed by atoms with van der Waals surface area (Å²) in [5, 5.41) is 1.02. The third-order valence-electron chi connectivity index (χ3n) is 0.867. The van der Waals surface area contributed by atoms with Crippen molar-refractivity contribution in [2.45, 2.75) is 0 Å². The molecule has 0 nitrogen and oxygen atoms in total. The first kappa shape index (κ1) is 6.05. The Bertz CT molecular complexity index is 246. The number of hydrogen-bond acceptors (Lipinski definition) is 1. The maximum Gasteiger partial charge on any atom is 0.0710 e. The van der Waals surface area contributed by atoms with E-state index in [1.807, 2.05) is 6.07 Å². The highest BCUT2D eigenvalue weighted by Crippen LogP contribution is 2.07. The minimum atomic E-state index is 1.02. The van der Waals surface area contributed by atoms with Crippen LogP contribution in [0.1, 0.15) is 0 Å². The second-order valence-electron chi connectivity index (χ2n) is 1.50. The predicted molar refractivity (Wildman–Crippen MR) is 42.3 cm³/mol. The predicted octanol–water partition coefficient (Wildman–Crippen LogP) is 1.33. The van der Waals surface area contributed by atoms with Crippen molar-refractivity contribution in [3.8, 4) is 0 Å². The minimum absolute atomic E-state index is 1.02. The van der Waals surface area contributed by atoms with Crippen LogP contribution in [0.2, 0.25) is 0 Å². The van der Waals surface area contributed by atoms with Gasteiger partial charge in [-0.05, 0) is 27.2 Å². The fourth-order valence-corrected chi connectivity index (χ4v) is 1.92. The summed E-state index contributed by atoms with van der Waals surface area (Å²) in [5.41, 5.74) is 0. The van der Waals surface area contributed by atoms with Crippen LogP contribution in [0.25, 0.3) is 13.2 Å². The van der Waals surface area contributed by atoms with E-state index in [2.05, 4.69) is 29.1 Å². The molecule has 0 aliphatic rings. The molecule has 1 heterocycles. The van der Waals surface area contributed by atoms with Crippen LogP contribution in [0.4, 0.5) is 0 Å². The number of rotatable bonds is 0. The van der Waals surface area contributed by atoms with E-state index in [0.29, 0.717) is 0 Å². The Labute approximate surface area is 60.3 Å². The van der Waals surface area contributed by atoms with E-state index in [4.69, 9.17) is 0 Å². The quantitative estimate of drug-likeness (QED) is 0.577. The van der Waals surface area contributed by atoms with Gasteiger partial charge in [0.05, 0.1) is 3.79 Å². The smallest absolute Gasteiger partial charge is 0.0710 e. The van der Waals surface area contributed by atoms with Crippen molar-refractivity contribution in [1.29, 1.82) is 0 Å². The van der Waals surface area contributed by atoms with Crippen molar-refractivity contribution >= 4 is 40.4 Å². The fourth-order valence-electron chi connectivity index (χ4n) is 0.430. The summed E-state index contributed by atoms with van der Waals surface area (Å²) in [6, 6.07) is 1.97. The van der Waals surface area contributed by atoms with Gasteiger partial charge in [-0.2, -0.15) is 0 Å². The molecule has 0 fully saturated rings. The van der Waals surface area contributed by atoms with Crippen LogP contribution in [0, 0.1) is 0 Å². The number of hydrogen-bond donors (Lipinski definition) is 0. The largest absolute Gasteiger partial charge is 0.129 e. The summed E-state index contributed by atoms with van der Waals surface area (Å²) in [6.45, 7) is 7.53. The van der Waals surface area contributed by atoms with E-state index in [1.165, 1.54) is 0 Å². The van der Waals surface area contributed by atoms with Gasteiger partial charge in [-0.1, -0.05) is 13.2 Å². The first-order chi connectivity index (χ1) is 3.70. The molecule has 1 aromatic heterocycles. The molecular formula is C6H5BrS. The molecule has 42 valence electrons. The Morgan fingerprint density at radius 3 is 2.25 bits per heavy atom. The Hall–Kier alpha value is -0.0800. The standard InChI is InChI=1S/C6H5BrS/c1-4-3-6(7)8-5(4)2/h3H,1-2H2. The molecule has 1 aromatic rings. The van der Waals surface area contributed by atoms with Gasteiger partial charge in [-0.3, -0.25) is 0 Å². The molecule has 0 spiro atoms. The van der Waals surface area contributed by atoms with Crippen LogP contribution >= 0.6 is 27.3 Å². The van der Waals surface area contributed by atoms with Crippen LogP contribution in [-0.2, 0) is 0 Å². The third-order valence-corrected chi connectivity index (χ3v) is 2.40. The number of thiophene rings is 1. The Balaban J connectivity index is 3.59. The average Bonchev–Trinajstić information content (AvgIpc) is 1.85. The molecule has 0 aliphatic heterocycles. The van der Waals surface area contributed by atoms with Crippen molar-refractivity contribution in [3.63, 3.8) is 0 Å². The lowest BCUT2D eigenvalue weighted by atomic mass is 10.5. The van der Waals surface area contributed by atoms with Crippen molar-refractivity contribution < 1.29 is 0 Å². The zero-order valence-electron chi connectivity index (χ0n) is 4.28. The van der Waals surface area contributed by atoms with Crippen LogP contribution in [0.15, 0.2) is 9.85 Å². The molecule has 0 unspecified atom stereocenters. The lowest BCUT2D eigenvalue weighted by molar-refractivity contribution is 1.75. The zero-order chi connectivity index (χ0) is 6.15. The Kier molecular flexibility index (Phi) is 1.54. The monoisotopic (exact) mass is 188 g/mol. The van der Waals surface area contributed by atoms with Gasteiger partial charge in [0.1, 0.15) is 0 Å². The summed E-state index contributed by atoms with van der Waals surface area (Å²) in [5.74, 6) is 0. The highest BCUT2D eigenvalue weighted by Gasteiger charge is 1.86. The van der Waals surface area contributed by atoms with Crippen molar-refractivity contribution in [2.75, 3.05) is 0 Å². The summed E-state index contributed by atoms with van der Waals surface area (Å²) < 4.78 is 2.14. The first-order valence-corrected chi connectivity index (χ1v) is 3.74. The van der Waals surface area contributed by atoms with Crippen LogP contribution in [0.5, 0.6) is 0 Å². The van der Waals surface area contributed by atoms with E-state index in [0.717, 1.165) is 13.5 Å². The van der Waals surface area contributed by atoms with E-state index in [9.17, 15) is 0 Å². The van der Waals surface area contributed by atoms with E-state index in [-0.39, 0.29) is 0 Å². The lowest BCUT2D eigenvalue weighted by Crippen LogP contribution is -2.11. The Morgan fingerprint density at radius 1 is 1.50 bits per heavy atom. The van der Waals surface area contributed by atoms with E-state index < -0.39 is 0 Å². The molecule has 0 atom stereocenters. The zero-order valence-corrected chi connectivity index (χ0v) is 6.68. The highest BCUT2D eigenvalue weighted by atomic mass is 79.9. The second-order valence-corrected chi connectivity index (χ2v) is 4.01. The van der Waals surface area contributed by atoms with E-state index >= 15 is 0 Å². The molecule has 0 radical (unpaired) electrons. The topological polar surface area (TPSA) is 0 Å². The molecule has 0 saturated carbocycles. The van der Waals surface area contributed by atoms with Gasteiger partial charge in [0, 0.05) is 4.53 Å². The van der Waals surface area contributed by atoms with Crippen LogP contribution < -0.4 is 9.75 Å². The minimum Gasteiger partial charge on any atom is -0.129 e. The Morgan fingerprint density at radius 2 is 2.12 bits per heavy atom. The lowest BCUT2D eigenvalue weighted by Gasteiger charge is -1.63. The second kappa shape index (κ2) is 2.03. The summed E-state index contributed by atoms with van der Waals surface area (Å²) in [7, 11) is 0. The van der Waals surface area contributed by atoms with Gasteiger partial charge in [0.15, 0.2) is 0 Å². The summed E-state index contributed by atoms with van der Waals surface area (Å²) >= 11 is 4.93. The average molecular weight is 189 g/mol. The number of halogens is 1. The van der Waals surface area contributed by atoms with E-state index in [1.54, 1.807) is 11.3 Å². The fraction of sp³-hybridized carbons (Fsp3) is 0. The maximum absolute atomic E-state index is 3.77. The molecule has 8 heavy (non-hydrogen) atoms. The van der Waals surface area contributed by atoms with Crippen molar-refractivity contribution in [1.82, 2.24) is 0 Å². The summed E-state index contributed by atoms with van der Waals surface area (Å²) in [4.78, 5) is 0. The molecule has 0 aliphatic carbocycles. The molecule has 0 aromatic carbocycles. The van der Waals surface area contributed by atoms with Crippen molar-refractivity contribution in [3.05, 3.63) is 19.6 Å². The van der Waals surface area contributed by atoms with Crippen LogP contribution in [-0.4, -0.2) is 0 Å². The normalized spacial score (nSPS) is 9.62. The molecule has 0 saturated heterocycles. The van der Waals surface area contributed by atoms with Gasteiger partial charge in [-0.15, -0.1) is 11.3 Å². The molecule has 0 amide bonds. The molecule has 1 rings (SSSR count). The van der Waals surface area contributed by atoms with Crippen molar-refractivity contribution in [2.24, 2.45) is 0 Å². The molecule has 2 heteroatoms. The van der Waals surface area contributed by atoms with Gasteiger partial charge in [0.25, 0.3) is 0 Å². The van der Waals surface area contributed by atoms with Gasteiger partial charge < -0.3 is 0 Å². The summed E-state index contributed by atoms with van der Waals surface area (Å²) in [6.07, 6.45) is 0. The highest BCUT2D eigenvalue weighted by molar-refractivity contribution is 9.11. The first-order valence-electron chi connectivity index (χ1n) is 2.13. The van der Waals surface area contributed by atoms with Gasteiger partial charge >= 0.3 is 0 Å².